The molecule has 0 amide bonds. The third-order valence-corrected chi connectivity index (χ3v) is 1.50. The molecule has 4 atom stereocenters. The van der Waals surface area contributed by atoms with E-state index >= 15 is 0 Å². The van der Waals surface area contributed by atoms with Gasteiger partial charge < -0.3 is 30.7 Å². The number of hydrogen-bond donors (Lipinski definition) is 6. The van der Waals surface area contributed by atoms with Gasteiger partial charge in [-0.25, -0.2) is 0 Å². The fourth-order valence-corrected chi connectivity index (χ4v) is 0.694. The van der Waals surface area contributed by atoms with Crippen molar-refractivity contribution in [3.05, 3.63) is 0 Å². The van der Waals surface area contributed by atoms with Crippen molar-refractivity contribution in [1.29, 1.82) is 0 Å². The maximum absolute atomic E-state index is 9.05. The summed E-state index contributed by atoms with van der Waals surface area (Å²) in [4.78, 5) is 0. The van der Waals surface area contributed by atoms with Gasteiger partial charge >= 0.3 is 0 Å². The fraction of sp³-hybridized carbons (Fsp3) is 0.833. The molecule has 0 aliphatic rings. The average molecular weight is 195 g/mol. The summed E-state index contributed by atoms with van der Waals surface area (Å²) < 4.78 is 0. The Morgan fingerprint density at radius 2 is 1.62 bits per heavy atom. The molecule has 0 saturated heterocycles. The van der Waals surface area contributed by atoms with Crippen molar-refractivity contribution in [3.8, 4) is 0 Å². The van der Waals surface area contributed by atoms with E-state index in [1.165, 1.54) is 0 Å². The van der Waals surface area contributed by atoms with Crippen LogP contribution in [0.5, 0.6) is 0 Å². The van der Waals surface area contributed by atoms with Crippen LogP contribution < -0.4 is 0 Å². The molecule has 0 saturated carbocycles. The van der Waals surface area contributed by atoms with Gasteiger partial charge in [0.05, 0.1) is 12.8 Å². The predicted molar refractivity (Wildman–Crippen MR) is 41.4 cm³/mol. The molecule has 0 fully saturated rings. The van der Waals surface area contributed by atoms with Gasteiger partial charge in [0.2, 0.25) is 0 Å². The highest BCUT2D eigenvalue weighted by Gasteiger charge is 2.29. The second-order valence-corrected chi connectivity index (χ2v) is 2.49. The minimum atomic E-state index is -1.72. The molecule has 7 heteroatoms. The minimum absolute atomic E-state index is 0.581. The van der Waals surface area contributed by atoms with E-state index in [0.29, 0.717) is 6.21 Å². The van der Waals surface area contributed by atoms with E-state index in [0.717, 1.165) is 0 Å². The molecule has 0 aromatic heterocycles. The molecule has 0 radical (unpaired) electrons. The second-order valence-electron chi connectivity index (χ2n) is 2.49. The molecule has 0 aromatic rings. The van der Waals surface area contributed by atoms with E-state index in [2.05, 4.69) is 5.16 Å². The van der Waals surface area contributed by atoms with Crippen molar-refractivity contribution >= 4 is 6.21 Å². The summed E-state index contributed by atoms with van der Waals surface area (Å²) in [6, 6.07) is 0. The molecule has 0 bridgehead atoms. The standard InChI is InChI=1S/C6H13NO6/c8-2-4(10)6(12)5(11)3(9)1-7-13/h1,3-6,8-13H,2H2/b7-1-. The number of nitrogens with zero attached hydrogens (tertiary/aromatic N) is 1. The molecule has 4 unspecified atom stereocenters. The van der Waals surface area contributed by atoms with Gasteiger partial charge in [-0.2, -0.15) is 0 Å². The third-order valence-electron chi connectivity index (χ3n) is 1.50. The molecular formula is C6H13NO6. The molecule has 7 nitrogen and oxygen atoms in total. The normalized spacial score (nSPS) is 21.3. The highest BCUT2D eigenvalue weighted by atomic mass is 16.4. The lowest BCUT2D eigenvalue weighted by Gasteiger charge is -2.23. The monoisotopic (exact) mass is 195 g/mol. The SMILES string of the molecule is OCC(O)C(O)C(O)C(O)/C=N\O. The number of aliphatic hydroxyl groups excluding tert-OH is 5. The van der Waals surface area contributed by atoms with Crippen molar-refractivity contribution in [2.45, 2.75) is 24.4 Å². The summed E-state index contributed by atoms with van der Waals surface area (Å²) in [5.74, 6) is 0. The summed E-state index contributed by atoms with van der Waals surface area (Å²) in [7, 11) is 0. The quantitative estimate of drug-likeness (QED) is 0.156. The Bertz CT molecular complexity index is 163. The van der Waals surface area contributed by atoms with Crippen molar-refractivity contribution < 1.29 is 30.7 Å². The first-order valence-corrected chi connectivity index (χ1v) is 3.55. The van der Waals surface area contributed by atoms with Crippen LogP contribution in [0.3, 0.4) is 0 Å². The zero-order chi connectivity index (χ0) is 10.4. The Hall–Kier alpha value is -0.730. The zero-order valence-electron chi connectivity index (χ0n) is 6.72. The lowest BCUT2D eigenvalue weighted by Crippen LogP contribution is -2.46. The van der Waals surface area contributed by atoms with E-state index < -0.39 is 31.0 Å². The molecule has 0 rings (SSSR count). The van der Waals surface area contributed by atoms with Crippen molar-refractivity contribution in [1.82, 2.24) is 0 Å². The van der Waals surface area contributed by atoms with Gasteiger partial charge in [0.1, 0.15) is 24.4 Å². The lowest BCUT2D eigenvalue weighted by molar-refractivity contribution is -0.100. The maximum Gasteiger partial charge on any atom is 0.121 e. The Balaban J connectivity index is 4.15. The van der Waals surface area contributed by atoms with Gasteiger partial charge in [-0.15, -0.1) is 0 Å². The van der Waals surface area contributed by atoms with Crippen LogP contribution >= 0.6 is 0 Å². The molecule has 6 N–H and O–H groups in total. The van der Waals surface area contributed by atoms with Gasteiger partial charge in [0.25, 0.3) is 0 Å². The number of rotatable bonds is 5. The Kier molecular flexibility index (Phi) is 5.51. The van der Waals surface area contributed by atoms with Crippen LogP contribution in [-0.4, -0.2) is 68.0 Å². The largest absolute Gasteiger partial charge is 0.411 e. The lowest BCUT2D eigenvalue weighted by atomic mass is 10.0. The smallest absolute Gasteiger partial charge is 0.121 e. The zero-order valence-corrected chi connectivity index (χ0v) is 6.72. The van der Waals surface area contributed by atoms with Crippen LogP contribution in [0.4, 0.5) is 0 Å². The van der Waals surface area contributed by atoms with E-state index in [-0.39, 0.29) is 0 Å². The third kappa shape index (κ3) is 3.66. The topological polar surface area (TPSA) is 134 Å². The van der Waals surface area contributed by atoms with Crippen LogP contribution in [0.25, 0.3) is 0 Å². The fourth-order valence-electron chi connectivity index (χ4n) is 0.694. The van der Waals surface area contributed by atoms with Gasteiger partial charge in [-0.3, -0.25) is 0 Å². The van der Waals surface area contributed by atoms with Gasteiger partial charge in [0, 0.05) is 0 Å². The van der Waals surface area contributed by atoms with Gasteiger partial charge in [-0.05, 0) is 0 Å². The predicted octanol–water partition coefficient (Wildman–Crippen LogP) is -3.12. The van der Waals surface area contributed by atoms with E-state index in [1.807, 2.05) is 0 Å². The van der Waals surface area contributed by atoms with Crippen molar-refractivity contribution in [3.63, 3.8) is 0 Å². The van der Waals surface area contributed by atoms with Crippen LogP contribution in [0.2, 0.25) is 0 Å². The first kappa shape index (κ1) is 12.3. The molecule has 0 heterocycles. The summed E-state index contributed by atoms with van der Waals surface area (Å²) >= 11 is 0. The molecule has 0 spiro atoms. The van der Waals surface area contributed by atoms with Crippen LogP contribution in [0.15, 0.2) is 5.16 Å². The van der Waals surface area contributed by atoms with E-state index in [9.17, 15) is 0 Å². The first-order chi connectivity index (χ1) is 6.04. The number of aliphatic hydroxyl groups is 5. The highest BCUT2D eigenvalue weighted by molar-refractivity contribution is 5.62. The summed E-state index contributed by atoms with van der Waals surface area (Å²) in [6.07, 6.45) is -6.02. The van der Waals surface area contributed by atoms with E-state index in [4.69, 9.17) is 30.7 Å². The Morgan fingerprint density at radius 3 is 2.00 bits per heavy atom. The van der Waals surface area contributed by atoms with Crippen molar-refractivity contribution in [2.75, 3.05) is 6.61 Å². The first-order valence-electron chi connectivity index (χ1n) is 3.55. The number of hydrogen-bond acceptors (Lipinski definition) is 7. The van der Waals surface area contributed by atoms with Crippen LogP contribution in [-0.2, 0) is 0 Å². The summed E-state index contributed by atoms with van der Waals surface area (Å²) in [6.45, 7) is -0.749. The summed E-state index contributed by atoms with van der Waals surface area (Å²) in [5.41, 5.74) is 0. The second kappa shape index (κ2) is 5.84. The Labute approximate surface area is 74.2 Å². The molecule has 0 aliphatic heterocycles. The molecule has 13 heavy (non-hydrogen) atoms. The minimum Gasteiger partial charge on any atom is -0.411 e. The average Bonchev–Trinajstić information content (AvgIpc) is 2.14. The molecular weight excluding hydrogens is 182 g/mol. The maximum atomic E-state index is 9.05. The van der Waals surface area contributed by atoms with Crippen LogP contribution in [0.1, 0.15) is 0 Å². The molecule has 0 aliphatic carbocycles. The molecule has 78 valence electrons. The highest BCUT2D eigenvalue weighted by Crippen LogP contribution is 2.03. The van der Waals surface area contributed by atoms with Gasteiger partial charge in [0.15, 0.2) is 0 Å². The molecule has 0 aromatic carbocycles. The number of oxime groups is 1. The van der Waals surface area contributed by atoms with Gasteiger partial charge in [-0.1, -0.05) is 5.16 Å². The summed E-state index contributed by atoms with van der Waals surface area (Å²) in [5, 5.41) is 54.6. The van der Waals surface area contributed by atoms with Crippen molar-refractivity contribution in [2.24, 2.45) is 5.16 Å². The van der Waals surface area contributed by atoms with Crippen LogP contribution in [0, 0.1) is 0 Å². The Morgan fingerprint density at radius 1 is 1.08 bits per heavy atom. The van der Waals surface area contributed by atoms with E-state index in [1.54, 1.807) is 0 Å².